The van der Waals surface area contributed by atoms with Crippen molar-refractivity contribution in [2.24, 2.45) is 0 Å². The van der Waals surface area contributed by atoms with Gasteiger partial charge in [0.1, 0.15) is 5.69 Å². The van der Waals surface area contributed by atoms with Crippen molar-refractivity contribution < 1.29 is 19.1 Å². The number of amides is 1. The Kier molecular flexibility index (Phi) is 5.76. The van der Waals surface area contributed by atoms with Crippen LogP contribution < -0.4 is 5.32 Å². The van der Waals surface area contributed by atoms with E-state index in [0.29, 0.717) is 10.6 Å². The molecule has 0 saturated carbocycles. The summed E-state index contributed by atoms with van der Waals surface area (Å²) in [5.74, 6) is -1.30. The van der Waals surface area contributed by atoms with Gasteiger partial charge in [-0.1, -0.05) is 23.7 Å². The molecule has 1 aromatic heterocycles. The summed E-state index contributed by atoms with van der Waals surface area (Å²) in [5, 5.41) is 3.29. The number of aromatic amines is 1. The maximum Gasteiger partial charge on any atom is 0.355 e. The van der Waals surface area contributed by atoms with Gasteiger partial charge in [-0.2, -0.15) is 0 Å². The Labute approximate surface area is 144 Å². The highest BCUT2D eigenvalue weighted by Crippen LogP contribution is 2.17. The number of carbonyl (C=O) groups is 3. The third-order valence-electron chi connectivity index (χ3n) is 3.37. The van der Waals surface area contributed by atoms with Crippen LogP contribution in [-0.2, 0) is 9.53 Å². The van der Waals surface area contributed by atoms with Crippen LogP contribution in [0.5, 0.6) is 0 Å². The van der Waals surface area contributed by atoms with Crippen LogP contribution in [0.4, 0.5) is 0 Å². The summed E-state index contributed by atoms with van der Waals surface area (Å²) in [4.78, 5) is 37.5. The molecule has 6 nitrogen and oxygen atoms in total. The number of hydrogen-bond donors (Lipinski definition) is 2. The molecule has 1 unspecified atom stereocenters. The van der Waals surface area contributed by atoms with Gasteiger partial charge in [0.25, 0.3) is 5.91 Å². The van der Waals surface area contributed by atoms with Crippen LogP contribution in [0.3, 0.4) is 0 Å². The number of esters is 1. The van der Waals surface area contributed by atoms with Crippen molar-refractivity contribution >= 4 is 29.3 Å². The zero-order valence-corrected chi connectivity index (χ0v) is 14.0. The van der Waals surface area contributed by atoms with E-state index < -0.39 is 18.5 Å². The Balaban J connectivity index is 1.86. The van der Waals surface area contributed by atoms with Crippen molar-refractivity contribution in [3.8, 4) is 0 Å². The van der Waals surface area contributed by atoms with Gasteiger partial charge < -0.3 is 15.0 Å². The van der Waals surface area contributed by atoms with Gasteiger partial charge in [-0.05, 0) is 37.6 Å². The Morgan fingerprint density at radius 1 is 1.29 bits per heavy atom. The molecule has 0 bridgehead atoms. The molecule has 0 aliphatic heterocycles. The van der Waals surface area contributed by atoms with Crippen LogP contribution in [-0.4, -0.2) is 29.3 Å². The van der Waals surface area contributed by atoms with Crippen molar-refractivity contribution in [1.29, 1.82) is 0 Å². The monoisotopic (exact) mass is 348 g/mol. The first kappa shape index (κ1) is 17.7. The van der Waals surface area contributed by atoms with Gasteiger partial charge in [0.05, 0.1) is 6.04 Å². The quantitative estimate of drug-likeness (QED) is 0.620. The smallest absolute Gasteiger partial charge is 0.355 e. The predicted octanol–water partition coefficient (Wildman–Crippen LogP) is 2.90. The minimum atomic E-state index is -0.701. The average Bonchev–Trinajstić information content (AvgIpc) is 3.03. The van der Waals surface area contributed by atoms with Crippen LogP contribution in [0.25, 0.3) is 0 Å². The fourth-order valence-electron chi connectivity index (χ4n) is 2.07. The molecule has 2 N–H and O–H groups in total. The summed E-state index contributed by atoms with van der Waals surface area (Å²) in [6.07, 6.45) is 1.42. The van der Waals surface area contributed by atoms with E-state index in [2.05, 4.69) is 10.3 Å². The van der Waals surface area contributed by atoms with E-state index in [1.165, 1.54) is 19.2 Å². The number of benzene rings is 1. The Bertz CT molecular complexity index is 769. The van der Waals surface area contributed by atoms with E-state index in [1.54, 1.807) is 25.1 Å². The molecule has 0 radical (unpaired) electrons. The summed E-state index contributed by atoms with van der Waals surface area (Å²) in [6.45, 7) is 2.77. The molecule has 0 saturated heterocycles. The third-order valence-corrected chi connectivity index (χ3v) is 3.61. The van der Waals surface area contributed by atoms with Gasteiger partial charge in [-0.15, -0.1) is 0 Å². The van der Waals surface area contributed by atoms with Crippen LogP contribution in [0.15, 0.2) is 36.5 Å². The van der Waals surface area contributed by atoms with E-state index in [-0.39, 0.29) is 17.5 Å². The predicted molar refractivity (Wildman–Crippen MR) is 89.1 cm³/mol. The molecule has 0 spiro atoms. The second-order valence-electron chi connectivity index (χ2n) is 5.28. The highest BCUT2D eigenvalue weighted by atomic mass is 35.5. The number of carbonyl (C=O) groups excluding carboxylic acids is 3. The topological polar surface area (TPSA) is 88.3 Å². The summed E-state index contributed by atoms with van der Waals surface area (Å²) in [5.41, 5.74) is 1.34. The van der Waals surface area contributed by atoms with E-state index in [9.17, 15) is 14.4 Å². The number of H-pyrrole nitrogens is 1. The second-order valence-corrected chi connectivity index (χ2v) is 5.71. The fraction of sp³-hybridized carbons (Fsp3) is 0.235. The van der Waals surface area contributed by atoms with E-state index in [0.717, 1.165) is 5.56 Å². The Morgan fingerprint density at radius 2 is 2.04 bits per heavy atom. The second kappa shape index (κ2) is 7.79. The molecule has 7 heteroatoms. The zero-order chi connectivity index (χ0) is 17.7. The zero-order valence-electron chi connectivity index (χ0n) is 13.3. The minimum absolute atomic E-state index is 0.121. The molecular weight excluding hydrogens is 332 g/mol. The molecule has 126 valence electrons. The average molecular weight is 349 g/mol. The third kappa shape index (κ3) is 4.70. The summed E-state index contributed by atoms with van der Waals surface area (Å²) in [7, 11) is 0. The first-order chi connectivity index (χ1) is 11.4. The summed E-state index contributed by atoms with van der Waals surface area (Å²) in [6, 6.07) is 8.23. The standard InChI is InChI=1S/C17H17ClN2O4/c1-10(12-4-3-5-14(18)6-12)20-16(22)9-24-17(23)15-7-13(8-19-15)11(2)21/h3-8,10,19H,9H2,1-2H3,(H,20,22). The van der Waals surface area contributed by atoms with Crippen molar-refractivity contribution in [2.45, 2.75) is 19.9 Å². The van der Waals surface area contributed by atoms with E-state index in [1.807, 2.05) is 6.07 Å². The molecule has 1 aromatic carbocycles. The van der Waals surface area contributed by atoms with Gasteiger partial charge in [0, 0.05) is 16.8 Å². The molecule has 2 aromatic rings. The minimum Gasteiger partial charge on any atom is -0.451 e. The van der Waals surface area contributed by atoms with E-state index >= 15 is 0 Å². The lowest BCUT2D eigenvalue weighted by Gasteiger charge is -2.14. The lowest BCUT2D eigenvalue weighted by Crippen LogP contribution is -2.31. The van der Waals surface area contributed by atoms with Gasteiger partial charge in [-0.25, -0.2) is 4.79 Å². The van der Waals surface area contributed by atoms with Gasteiger partial charge in [-0.3, -0.25) is 9.59 Å². The number of ketones is 1. The molecular formula is C17H17ClN2O4. The molecule has 24 heavy (non-hydrogen) atoms. The highest BCUT2D eigenvalue weighted by molar-refractivity contribution is 6.30. The van der Waals surface area contributed by atoms with Crippen LogP contribution in [0, 0.1) is 0 Å². The largest absolute Gasteiger partial charge is 0.451 e. The first-order valence-corrected chi connectivity index (χ1v) is 7.66. The number of ether oxygens (including phenoxy) is 1. The number of nitrogens with one attached hydrogen (secondary N) is 2. The summed E-state index contributed by atoms with van der Waals surface area (Å²) >= 11 is 5.91. The Hall–Kier alpha value is -2.60. The molecule has 0 fully saturated rings. The Morgan fingerprint density at radius 3 is 2.67 bits per heavy atom. The first-order valence-electron chi connectivity index (χ1n) is 7.28. The number of Topliss-reactive ketones (excluding diaryl/α,β-unsaturated/α-hetero) is 1. The normalized spacial score (nSPS) is 11.6. The lowest BCUT2D eigenvalue weighted by molar-refractivity contribution is -0.124. The van der Waals surface area contributed by atoms with E-state index in [4.69, 9.17) is 16.3 Å². The molecule has 1 atom stereocenters. The van der Waals surface area contributed by atoms with Crippen molar-refractivity contribution in [3.63, 3.8) is 0 Å². The molecule has 0 aliphatic rings. The number of hydrogen-bond acceptors (Lipinski definition) is 4. The van der Waals surface area contributed by atoms with Gasteiger partial charge >= 0.3 is 5.97 Å². The number of rotatable bonds is 6. The highest BCUT2D eigenvalue weighted by Gasteiger charge is 2.15. The van der Waals surface area contributed by atoms with Crippen molar-refractivity contribution in [2.75, 3.05) is 6.61 Å². The van der Waals surface area contributed by atoms with Crippen LogP contribution >= 0.6 is 11.6 Å². The van der Waals surface area contributed by atoms with Crippen molar-refractivity contribution in [3.05, 3.63) is 58.4 Å². The van der Waals surface area contributed by atoms with Crippen LogP contribution in [0.1, 0.15) is 46.3 Å². The fourth-order valence-corrected chi connectivity index (χ4v) is 2.27. The maximum atomic E-state index is 11.9. The number of halogens is 1. The lowest BCUT2D eigenvalue weighted by atomic mass is 10.1. The van der Waals surface area contributed by atoms with Crippen LogP contribution in [0.2, 0.25) is 5.02 Å². The molecule has 1 amide bonds. The maximum absolute atomic E-state index is 11.9. The van der Waals surface area contributed by atoms with Crippen molar-refractivity contribution in [1.82, 2.24) is 10.3 Å². The molecule has 2 rings (SSSR count). The SMILES string of the molecule is CC(=O)c1c[nH]c(C(=O)OCC(=O)NC(C)c2cccc(Cl)c2)c1. The summed E-state index contributed by atoms with van der Waals surface area (Å²) < 4.78 is 4.92. The van der Waals surface area contributed by atoms with Gasteiger partial charge in [0.15, 0.2) is 12.4 Å². The van der Waals surface area contributed by atoms with Gasteiger partial charge in [0.2, 0.25) is 0 Å². The number of aromatic nitrogens is 1. The molecule has 0 aliphatic carbocycles. The molecule has 1 heterocycles.